The van der Waals surface area contributed by atoms with Crippen LogP contribution in [0.2, 0.25) is 0 Å². The van der Waals surface area contributed by atoms with Crippen molar-refractivity contribution in [3.63, 3.8) is 0 Å². The van der Waals surface area contributed by atoms with Gasteiger partial charge in [0.2, 0.25) is 11.8 Å². The zero-order valence-corrected chi connectivity index (χ0v) is 30.2. The van der Waals surface area contributed by atoms with Gasteiger partial charge in [-0.25, -0.2) is 17.6 Å². The number of benzene rings is 2. The van der Waals surface area contributed by atoms with Crippen LogP contribution in [0.3, 0.4) is 0 Å². The maximum absolute atomic E-state index is 14.0. The van der Waals surface area contributed by atoms with E-state index in [1.165, 1.54) is 12.1 Å². The zero-order chi connectivity index (χ0) is 37.1. The molecule has 52 heavy (non-hydrogen) atoms. The molecule has 2 aliphatic heterocycles. The molecule has 2 aliphatic carbocycles. The van der Waals surface area contributed by atoms with Crippen LogP contribution in [-0.4, -0.2) is 62.4 Å². The Hall–Kier alpha value is -3.06. The minimum atomic E-state index is -0.632. The Labute approximate surface area is 305 Å². The van der Waals surface area contributed by atoms with Gasteiger partial charge in [0.05, 0.1) is 0 Å². The van der Waals surface area contributed by atoms with Gasteiger partial charge in [0, 0.05) is 38.6 Å². The number of hydrogen-bond acceptors (Lipinski definition) is 6. The number of carbonyl (C=O) groups excluding carboxylic acids is 2. The summed E-state index contributed by atoms with van der Waals surface area (Å²) < 4.78 is 64.7. The van der Waals surface area contributed by atoms with E-state index >= 15 is 0 Å². The third-order valence-electron chi connectivity index (χ3n) is 12.2. The van der Waals surface area contributed by atoms with Crippen molar-refractivity contribution in [3.8, 4) is 0 Å². The number of nitrogens with one attached hydrogen (secondary N) is 2. The second kappa shape index (κ2) is 18.8. The highest BCUT2D eigenvalue weighted by Gasteiger charge is 2.39. The average molecular weight is 733 g/mol. The molecule has 0 bridgehead atoms. The van der Waals surface area contributed by atoms with Gasteiger partial charge in [-0.3, -0.25) is 9.59 Å². The summed E-state index contributed by atoms with van der Waals surface area (Å²) in [6.07, 6.45) is 12.2. The van der Waals surface area contributed by atoms with Gasteiger partial charge in [-0.2, -0.15) is 0 Å². The first kappa shape index (κ1) is 40.1. The molecule has 8 nitrogen and oxygen atoms in total. The fourth-order valence-electron chi connectivity index (χ4n) is 8.68. The molecule has 2 saturated carbocycles. The number of primary amides is 2. The van der Waals surface area contributed by atoms with Gasteiger partial charge in [0.15, 0.2) is 0 Å². The van der Waals surface area contributed by atoms with Crippen molar-refractivity contribution < 1.29 is 36.6 Å². The Bertz CT molecular complexity index is 1360. The lowest BCUT2D eigenvalue weighted by Gasteiger charge is -2.36. The van der Waals surface area contributed by atoms with Crippen LogP contribution in [0.4, 0.5) is 17.6 Å². The number of halogens is 4. The molecule has 0 aromatic heterocycles. The number of ether oxygens (including phenoxy) is 2. The van der Waals surface area contributed by atoms with Crippen LogP contribution in [0.25, 0.3) is 0 Å². The van der Waals surface area contributed by atoms with Gasteiger partial charge in [0.25, 0.3) is 0 Å². The Morgan fingerprint density at radius 3 is 1.25 bits per heavy atom. The van der Waals surface area contributed by atoms with Crippen LogP contribution in [0.1, 0.15) is 113 Å². The quantitative estimate of drug-likeness (QED) is 0.185. The lowest BCUT2D eigenvalue weighted by atomic mass is 9.77. The summed E-state index contributed by atoms with van der Waals surface area (Å²) in [5, 5.41) is 6.77. The molecule has 2 aromatic rings. The maximum atomic E-state index is 14.0. The van der Waals surface area contributed by atoms with Crippen molar-refractivity contribution in [1.82, 2.24) is 10.6 Å². The highest BCUT2D eigenvalue weighted by molar-refractivity contribution is 5.85. The van der Waals surface area contributed by atoms with Crippen LogP contribution >= 0.6 is 0 Å². The first-order chi connectivity index (χ1) is 25.0. The van der Waals surface area contributed by atoms with Gasteiger partial charge in [-0.1, -0.05) is 12.1 Å². The van der Waals surface area contributed by atoms with E-state index in [2.05, 4.69) is 10.6 Å². The zero-order valence-electron chi connectivity index (χ0n) is 30.2. The molecule has 2 aromatic carbocycles. The molecular weight excluding hydrogens is 676 g/mol. The number of rotatable bonds is 12. The number of carbonyl (C=O) groups is 2. The van der Waals surface area contributed by atoms with Crippen LogP contribution in [-0.2, 0) is 19.1 Å². The van der Waals surface area contributed by atoms with Crippen LogP contribution in [0, 0.1) is 35.1 Å². The molecule has 4 aliphatic rings. The Balaban J connectivity index is 0.000000201. The molecule has 12 heteroatoms. The third kappa shape index (κ3) is 10.5. The Kier molecular flexibility index (Phi) is 14.5. The molecule has 6 N–H and O–H groups in total. The maximum Gasteiger partial charge on any atom is 0.237 e. The van der Waals surface area contributed by atoms with E-state index in [0.29, 0.717) is 75.1 Å². The SMILES string of the molecule is NC(=O)C1(NCCC2CCC(c3ccc(F)cc3F)CC2)CCOCC1.NC(=O)C1(NCCC2CCC(c3ccc(F)cc3F)CC2)CCOCC1. The van der Waals surface area contributed by atoms with Crippen LogP contribution < -0.4 is 22.1 Å². The monoisotopic (exact) mass is 732 g/mol. The van der Waals surface area contributed by atoms with E-state index < -0.39 is 34.3 Å². The van der Waals surface area contributed by atoms with E-state index in [4.69, 9.17) is 20.9 Å². The van der Waals surface area contributed by atoms with Crippen molar-refractivity contribution in [1.29, 1.82) is 0 Å². The molecule has 0 spiro atoms. The molecule has 6 rings (SSSR count). The molecule has 2 saturated heterocycles. The summed E-state index contributed by atoms with van der Waals surface area (Å²) in [5.41, 5.74) is 11.2. The normalized spacial score (nSPS) is 25.8. The number of amides is 2. The van der Waals surface area contributed by atoms with E-state index in [1.54, 1.807) is 12.1 Å². The van der Waals surface area contributed by atoms with Crippen molar-refractivity contribution >= 4 is 11.8 Å². The molecule has 2 amide bonds. The summed E-state index contributed by atoms with van der Waals surface area (Å²) in [7, 11) is 0. The molecule has 2 heterocycles. The van der Waals surface area contributed by atoms with Crippen molar-refractivity contribution in [3.05, 3.63) is 70.8 Å². The minimum absolute atomic E-state index is 0.173. The predicted octanol–water partition coefficient (Wildman–Crippen LogP) is 6.51. The van der Waals surface area contributed by atoms with E-state index in [9.17, 15) is 27.2 Å². The second-order valence-corrected chi connectivity index (χ2v) is 15.3. The fourth-order valence-corrected chi connectivity index (χ4v) is 8.68. The number of nitrogens with two attached hydrogens (primary N) is 2. The highest BCUT2D eigenvalue weighted by Crippen LogP contribution is 2.39. The molecule has 4 fully saturated rings. The average Bonchev–Trinajstić information content (AvgIpc) is 3.13. The van der Waals surface area contributed by atoms with Gasteiger partial charge >= 0.3 is 0 Å². The summed E-state index contributed by atoms with van der Waals surface area (Å²) >= 11 is 0. The minimum Gasteiger partial charge on any atom is -0.381 e. The lowest BCUT2D eigenvalue weighted by molar-refractivity contribution is -0.129. The van der Waals surface area contributed by atoms with Crippen molar-refractivity contribution in [2.75, 3.05) is 39.5 Å². The van der Waals surface area contributed by atoms with E-state index in [0.717, 1.165) is 89.4 Å². The second-order valence-electron chi connectivity index (χ2n) is 15.3. The van der Waals surface area contributed by atoms with Gasteiger partial charge in [-0.15, -0.1) is 0 Å². The smallest absolute Gasteiger partial charge is 0.237 e. The summed E-state index contributed by atoms with van der Waals surface area (Å²) in [6, 6.07) is 7.79. The standard InChI is InChI=1S/2C20H28F2N2O2/c2*21-16-5-6-17(18(22)13-16)15-3-1-14(2-4-15)7-10-24-20(19(23)25)8-11-26-12-9-20/h2*5-6,13-15,24H,1-4,7-12H2,(H2,23,25). The predicted molar refractivity (Wildman–Crippen MR) is 191 cm³/mol. The number of hydrogen-bond donors (Lipinski definition) is 4. The van der Waals surface area contributed by atoms with Crippen LogP contribution in [0.5, 0.6) is 0 Å². The largest absolute Gasteiger partial charge is 0.381 e. The van der Waals surface area contributed by atoms with Crippen LogP contribution in [0.15, 0.2) is 36.4 Å². The first-order valence-corrected chi connectivity index (χ1v) is 19.2. The molecule has 288 valence electrons. The van der Waals surface area contributed by atoms with Crippen molar-refractivity contribution in [2.24, 2.45) is 23.3 Å². The highest BCUT2D eigenvalue weighted by atomic mass is 19.1. The van der Waals surface area contributed by atoms with Crippen molar-refractivity contribution in [2.45, 2.75) is 113 Å². The molecule has 0 atom stereocenters. The van der Waals surface area contributed by atoms with Gasteiger partial charge in [-0.05, 0) is 150 Å². The van der Waals surface area contributed by atoms with Gasteiger partial charge < -0.3 is 31.6 Å². The van der Waals surface area contributed by atoms with Gasteiger partial charge in [0.1, 0.15) is 34.3 Å². The summed E-state index contributed by atoms with van der Waals surface area (Å²) in [4.78, 5) is 23.7. The Morgan fingerprint density at radius 1 is 0.596 bits per heavy atom. The fraction of sp³-hybridized carbons (Fsp3) is 0.650. The third-order valence-corrected chi connectivity index (χ3v) is 12.2. The lowest BCUT2D eigenvalue weighted by Crippen LogP contribution is -2.58. The van der Waals surface area contributed by atoms with E-state index in [-0.39, 0.29) is 23.7 Å². The molecule has 0 unspecified atom stereocenters. The Morgan fingerprint density at radius 2 is 0.942 bits per heavy atom. The van der Waals surface area contributed by atoms with E-state index in [1.807, 2.05) is 0 Å². The summed E-state index contributed by atoms with van der Waals surface area (Å²) in [5.74, 6) is -1.03. The molecular formula is C40H56F4N4O4. The topological polar surface area (TPSA) is 129 Å². The summed E-state index contributed by atoms with van der Waals surface area (Å²) in [6.45, 7) is 3.75. The first-order valence-electron chi connectivity index (χ1n) is 19.2. The molecule has 0 radical (unpaired) electrons.